The van der Waals surface area contributed by atoms with Gasteiger partial charge >= 0.3 is 6.09 Å². The van der Waals surface area contributed by atoms with Crippen molar-refractivity contribution in [3.63, 3.8) is 0 Å². The van der Waals surface area contributed by atoms with Gasteiger partial charge in [0.1, 0.15) is 11.6 Å². The van der Waals surface area contributed by atoms with Crippen molar-refractivity contribution in [2.24, 2.45) is 0 Å². The highest BCUT2D eigenvalue weighted by atomic mass is 16.6. The number of aryl methyl sites for hydroxylation is 1. The first kappa shape index (κ1) is 17.3. The molecular weight excluding hydrogens is 292 g/mol. The van der Waals surface area contributed by atoms with Crippen LogP contribution >= 0.6 is 0 Å². The molecule has 0 unspecified atom stereocenters. The van der Waals surface area contributed by atoms with Crippen LogP contribution in [-0.4, -0.2) is 35.1 Å². The molecule has 5 heteroatoms. The van der Waals surface area contributed by atoms with Gasteiger partial charge in [0.25, 0.3) is 0 Å². The van der Waals surface area contributed by atoms with Gasteiger partial charge in [0.05, 0.1) is 0 Å². The summed E-state index contributed by atoms with van der Waals surface area (Å²) in [7, 11) is 0. The standard InChI is InChI=1S/C18H26N2O3/c1-12-8-6-9-14(13(12)2)19-16(21)15-10-7-11-20(15)17(22)23-18(3,4)5/h6,8-9,15H,7,10-11H2,1-5H3,(H,19,21)/t15-/m1/s1. The van der Waals surface area contributed by atoms with Crippen LogP contribution in [0.1, 0.15) is 44.7 Å². The number of rotatable bonds is 2. The molecule has 5 nitrogen and oxygen atoms in total. The van der Waals surface area contributed by atoms with Crippen LogP contribution in [0.25, 0.3) is 0 Å². The summed E-state index contributed by atoms with van der Waals surface area (Å²) in [5.41, 5.74) is 2.40. The van der Waals surface area contributed by atoms with Crippen LogP contribution in [0.2, 0.25) is 0 Å². The third-order valence-electron chi connectivity index (χ3n) is 4.05. The molecule has 2 rings (SSSR count). The fourth-order valence-electron chi connectivity index (χ4n) is 2.68. The molecule has 1 aliphatic heterocycles. The first-order chi connectivity index (χ1) is 10.7. The summed E-state index contributed by atoms with van der Waals surface area (Å²) in [6.07, 6.45) is 1.05. The number of nitrogens with zero attached hydrogens (tertiary/aromatic N) is 1. The molecule has 0 saturated carbocycles. The van der Waals surface area contributed by atoms with Crippen molar-refractivity contribution >= 4 is 17.7 Å². The zero-order valence-corrected chi connectivity index (χ0v) is 14.6. The van der Waals surface area contributed by atoms with Gasteiger partial charge in [0.2, 0.25) is 5.91 Å². The monoisotopic (exact) mass is 318 g/mol. The molecule has 1 saturated heterocycles. The van der Waals surface area contributed by atoms with Gasteiger partial charge in [0, 0.05) is 12.2 Å². The molecule has 0 aromatic heterocycles. The van der Waals surface area contributed by atoms with Crippen LogP contribution in [0.3, 0.4) is 0 Å². The number of anilines is 1. The lowest BCUT2D eigenvalue weighted by Crippen LogP contribution is -2.45. The van der Waals surface area contributed by atoms with E-state index in [1.165, 1.54) is 4.90 Å². The van der Waals surface area contributed by atoms with E-state index in [-0.39, 0.29) is 5.91 Å². The Morgan fingerprint density at radius 2 is 1.96 bits per heavy atom. The predicted molar refractivity (Wildman–Crippen MR) is 90.5 cm³/mol. The predicted octanol–water partition coefficient (Wildman–Crippen LogP) is 3.64. The average molecular weight is 318 g/mol. The third-order valence-corrected chi connectivity index (χ3v) is 4.05. The van der Waals surface area contributed by atoms with Crippen molar-refractivity contribution in [1.82, 2.24) is 4.90 Å². The molecule has 1 aromatic rings. The number of amides is 2. The Labute approximate surface area is 138 Å². The number of carbonyl (C=O) groups is 2. The SMILES string of the molecule is Cc1cccc(NC(=O)[C@H]2CCCN2C(=O)OC(C)(C)C)c1C. The molecule has 0 bridgehead atoms. The number of benzene rings is 1. The van der Waals surface area contributed by atoms with Gasteiger partial charge in [-0.05, 0) is 64.7 Å². The summed E-state index contributed by atoms with van der Waals surface area (Å²) in [6, 6.07) is 5.34. The number of ether oxygens (including phenoxy) is 1. The smallest absolute Gasteiger partial charge is 0.410 e. The second-order valence-electron chi connectivity index (χ2n) is 7.07. The molecule has 1 fully saturated rings. The fourth-order valence-corrected chi connectivity index (χ4v) is 2.68. The average Bonchev–Trinajstić information content (AvgIpc) is 2.91. The highest BCUT2D eigenvalue weighted by Crippen LogP contribution is 2.24. The van der Waals surface area contributed by atoms with Gasteiger partial charge in [0.15, 0.2) is 0 Å². The summed E-state index contributed by atoms with van der Waals surface area (Å²) in [4.78, 5) is 26.4. The van der Waals surface area contributed by atoms with Crippen molar-refractivity contribution in [2.75, 3.05) is 11.9 Å². The molecule has 1 N–H and O–H groups in total. The number of nitrogens with one attached hydrogen (secondary N) is 1. The lowest BCUT2D eigenvalue weighted by molar-refractivity contribution is -0.120. The van der Waals surface area contributed by atoms with Gasteiger partial charge in [-0.1, -0.05) is 12.1 Å². The Kier molecular flexibility index (Phi) is 4.97. The quantitative estimate of drug-likeness (QED) is 0.905. The minimum absolute atomic E-state index is 0.151. The topological polar surface area (TPSA) is 58.6 Å². The van der Waals surface area contributed by atoms with E-state index in [1.54, 1.807) is 0 Å². The molecule has 1 aromatic carbocycles. The molecule has 0 radical (unpaired) electrons. The van der Waals surface area contributed by atoms with Crippen molar-refractivity contribution in [3.05, 3.63) is 29.3 Å². The van der Waals surface area contributed by atoms with Crippen LogP contribution < -0.4 is 5.32 Å². The Morgan fingerprint density at radius 3 is 2.61 bits per heavy atom. The maximum absolute atomic E-state index is 12.6. The number of hydrogen-bond donors (Lipinski definition) is 1. The maximum atomic E-state index is 12.6. The summed E-state index contributed by atoms with van der Waals surface area (Å²) in [6.45, 7) is 10.0. The van der Waals surface area contributed by atoms with Crippen molar-refractivity contribution in [1.29, 1.82) is 0 Å². The Hall–Kier alpha value is -2.04. The molecule has 126 valence electrons. The molecule has 1 heterocycles. The molecule has 1 atom stereocenters. The van der Waals surface area contributed by atoms with Crippen LogP contribution in [0, 0.1) is 13.8 Å². The second kappa shape index (κ2) is 6.60. The van der Waals surface area contributed by atoms with E-state index in [9.17, 15) is 9.59 Å². The first-order valence-corrected chi connectivity index (χ1v) is 8.06. The van der Waals surface area contributed by atoms with Crippen LogP contribution in [0.5, 0.6) is 0 Å². The van der Waals surface area contributed by atoms with Crippen LogP contribution in [0.15, 0.2) is 18.2 Å². The number of carbonyl (C=O) groups excluding carboxylic acids is 2. The Balaban J connectivity index is 2.09. The number of hydrogen-bond acceptors (Lipinski definition) is 3. The summed E-state index contributed by atoms with van der Waals surface area (Å²) in [5.74, 6) is -0.151. The minimum atomic E-state index is -0.562. The lowest BCUT2D eigenvalue weighted by atomic mass is 10.1. The lowest BCUT2D eigenvalue weighted by Gasteiger charge is -2.28. The Morgan fingerprint density at radius 1 is 1.26 bits per heavy atom. The summed E-state index contributed by atoms with van der Waals surface area (Å²) >= 11 is 0. The van der Waals surface area contributed by atoms with E-state index in [2.05, 4.69) is 5.32 Å². The highest BCUT2D eigenvalue weighted by Gasteiger charge is 2.36. The molecule has 0 aliphatic carbocycles. The molecular formula is C18H26N2O3. The summed E-state index contributed by atoms with van der Waals surface area (Å²) < 4.78 is 5.40. The fraction of sp³-hybridized carbons (Fsp3) is 0.556. The van der Waals surface area contributed by atoms with Crippen LogP contribution in [0.4, 0.5) is 10.5 Å². The third kappa shape index (κ3) is 4.24. The number of likely N-dealkylation sites (tertiary alicyclic amines) is 1. The minimum Gasteiger partial charge on any atom is -0.444 e. The van der Waals surface area contributed by atoms with Crippen molar-refractivity contribution in [2.45, 2.75) is 59.1 Å². The van der Waals surface area contributed by atoms with E-state index in [0.717, 1.165) is 23.2 Å². The normalized spacial score (nSPS) is 18.0. The van der Waals surface area contributed by atoms with Gasteiger partial charge in [-0.3, -0.25) is 9.69 Å². The van der Waals surface area contributed by atoms with Crippen molar-refractivity contribution < 1.29 is 14.3 Å². The van der Waals surface area contributed by atoms with E-state index >= 15 is 0 Å². The first-order valence-electron chi connectivity index (χ1n) is 8.06. The van der Waals surface area contributed by atoms with E-state index < -0.39 is 17.7 Å². The van der Waals surface area contributed by atoms with E-state index in [0.29, 0.717) is 13.0 Å². The molecule has 23 heavy (non-hydrogen) atoms. The van der Waals surface area contributed by atoms with Crippen LogP contribution in [-0.2, 0) is 9.53 Å². The van der Waals surface area contributed by atoms with Crippen molar-refractivity contribution in [3.8, 4) is 0 Å². The van der Waals surface area contributed by atoms with E-state index in [1.807, 2.05) is 52.8 Å². The van der Waals surface area contributed by atoms with Gasteiger partial charge < -0.3 is 10.1 Å². The zero-order chi connectivity index (χ0) is 17.2. The zero-order valence-electron chi connectivity index (χ0n) is 14.6. The maximum Gasteiger partial charge on any atom is 0.410 e. The van der Waals surface area contributed by atoms with E-state index in [4.69, 9.17) is 4.74 Å². The van der Waals surface area contributed by atoms with Gasteiger partial charge in [-0.25, -0.2) is 4.79 Å². The summed E-state index contributed by atoms with van der Waals surface area (Å²) in [5, 5.41) is 2.95. The largest absolute Gasteiger partial charge is 0.444 e. The van der Waals surface area contributed by atoms with Gasteiger partial charge in [-0.2, -0.15) is 0 Å². The Bertz CT molecular complexity index is 605. The molecule has 2 amide bonds. The molecule has 1 aliphatic rings. The second-order valence-corrected chi connectivity index (χ2v) is 7.07. The molecule has 0 spiro atoms. The highest BCUT2D eigenvalue weighted by molar-refractivity contribution is 5.97. The van der Waals surface area contributed by atoms with Gasteiger partial charge in [-0.15, -0.1) is 0 Å².